The molecule has 1 fully saturated rings. The molecule has 0 aromatic carbocycles. The summed E-state index contributed by atoms with van der Waals surface area (Å²) in [6, 6.07) is 0. The summed E-state index contributed by atoms with van der Waals surface area (Å²) in [4.78, 5) is 0. The van der Waals surface area contributed by atoms with E-state index in [9.17, 15) is 0 Å². The van der Waals surface area contributed by atoms with Crippen molar-refractivity contribution < 1.29 is 22.4 Å². The average molecular weight is 467 g/mol. The molecular weight excluding hydrogens is 421 g/mol. The molecule has 0 spiro atoms. The molecule has 0 bridgehead atoms. The highest BCUT2D eigenvalue weighted by Crippen LogP contribution is 2.35. The quantitative estimate of drug-likeness (QED) is 0.420. The SMILES string of the molecule is CC1C(O[Si](C)(C)C)OC(CO[Si](C)(C)C)C(O[Si](C)(C)C)C1O[Si](C)(C)C. The van der Waals surface area contributed by atoms with Gasteiger partial charge in [0.05, 0.1) is 18.8 Å². The Balaban J connectivity index is 3.23. The van der Waals surface area contributed by atoms with Gasteiger partial charge in [0.1, 0.15) is 6.10 Å². The van der Waals surface area contributed by atoms with E-state index in [1.165, 1.54) is 0 Å². The molecule has 9 heteroatoms. The minimum Gasteiger partial charge on any atom is -0.415 e. The van der Waals surface area contributed by atoms with Gasteiger partial charge in [-0.2, -0.15) is 0 Å². The Hall–Kier alpha value is 0.668. The first-order valence-corrected chi connectivity index (χ1v) is 24.2. The van der Waals surface area contributed by atoms with Crippen molar-refractivity contribution in [3.63, 3.8) is 0 Å². The molecule has 1 heterocycles. The molecule has 0 N–H and O–H groups in total. The minimum atomic E-state index is -1.80. The summed E-state index contributed by atoms with van der Waals surface area (Å²) in [6.07, 6.45) is -0.600. The largest absolute Gasteiger partial charge is 0.415 e. The second-order valence-electron chi connectivity index (χ2n) is 11.9. The molecule has 0 radical (unpaired) electrons. The van der Waals surface area contributed by atoms with E-state index >= 15 is 0 Å². The molecule has 1 saturated heterocycles. The van der Waals surface area contributed by atoms with E-state index in [2.05, 4.69) is 85.5 Å². The van der Waals surface area contributed by atoms with Crippen LogP contribution in [0.4, 0.5) is 0 Å². The first-order chi connectivity index (χ1) is 12.3. The molecule has 1 aliphatic rings. The predicted molar refractivity (Wildman–Crippen MR) is 128 cm³/mol. The van der Waals surface area contributed by atoms with Crippen molar-refractivity contribution in [2.45, 2.75) is 110 Å². The van der Waals surface area contributed by atoms with Crippen LogP contribution in [0.15, 0.2) is 0 Å². The van der Waals surface area contributed by atoms with Crippen molar-refractivity contribution in [3.8, 4) is 0 Å². The van der Waals surface area contributed by atoms with Gasteiger partial charge in [0.25, 0.3) is 0 Å². The summed E-state index contributed by atoms with van der Waals surface area (Å²) >= 11 is 0. The van der Waals surface area contributed by atoms with E-state index in [0.29, 0.717) is 6.61 Å². The molecule has 0 aliphatic carbocycles. The molecule has 168 valence electrons. The zero-order valence-electron chi connectivity index (χ0n) is 20.6. The van der Waals surface area contributed by atoms with E-state index < -0.39 is 33.3 Å². The van der Waals surface area contributed by atoms with E-state index in [-0.39, 0.29) is 30.5 Å². The maximum atomic E-state index is 6.70. The van der Waals surface area contributed by atoms with Crippen LogP contribution in [0.2, 0.25) is 78.6 Å². The third-order valence-corrected chi connectivity index (χ3v) is 8.01. The summed E-state index contributed by atoms with van der Waals surface area (Å²) in [6.45, 7) is 29.4. The van der Waals surface area contributed by atoms with Gasteiger partial charge in [-0.05, 0) is 78.6 Å². The van der Waals surface area contributed by atoms with Crippen molar-refractivity contribution in [2.24, 2.45) is 5.92 Å². The lowest BCUT2D eigenvalue weighted by molar-refractivity contribution is -0.250. The summed E-state index contributed by atoms with van der Waals surface area (Å²) in [5, 5.41) is 0. The number of rotatable bonds is 9. The number of hydrogen-bond acceptors (Lipinski definition) is 5. The van der Waals surface area contributed by atoms with Crippen LogP contribution in [0, 0.1) is 5.92 Å². The zero-order chi connectivity index (χ0) is 22.1. The summed E-state index contributed by atoms with van der Waals surface area (Å²) in [7, 11) is -7.01. The van der Waals surface area contributed by atoms with Gasteiger partial charge in [0.2, 0.25) is 0 Å². The summed E-state index contributed by atoms with van der Waals surface area (Å²) in [5.41, 5.74) is 0. The lowest BCUT2D eigenvalue weighted by atomic mass is 9.93. The molecule has 0 saturated carbocycles. The molecule has 5 atom stereocenters. The molecule has 0 amide bonds. The highest BCUT2D eigenvalue weighted by molar-refractivity contribution is 6.71. The Bertz CT molecular complexity index is 475. The van der Waals surface area contributed by atoms with Gasteiger partial charge in [0, 0.05) is 5.92 Å². The zero-order valence-corrected chi connectivity index (χ0v) is 24.6. The van der Waals surface area contributed by atoms with E-state index in [1.807, 2.05) is 0 Å². The van der Waals surface area contributed by atoms with Crippen LogP contribution in [0.3, 0.4) is 0 Å². The topological polar surface area (TPSA) is 46.2 Å². The van der Waals surface area contributed by atoms with Crippen molar-refractivity contribution in [1.82, 2.24) is 0 Å². The molecular formula is C19H46O5Si4. The van der Waals surface area contributed by atoms with E-state index in [1.54, 1.807) is 0 Å². The van der Waals surface area contributed by atoms with Crippen LogP contribution in [-0.4, -0.2) is 64.5 Å². The van der Waals surface area contributed by atoms with Gasteiger partial charge >= 0.3 is 0 Å². The van der Waals surface area contributed by atoms with Crippen LogP contribution in [-0.2, 0) is 22.4 Å². The fourth-order valence-corrected chi connectivity index (χ4v) is 7.02. The Morgan fingerprint density at radius 1 is 0.607 bits per heavy atom. The fourth-order valence-electron chi connectivity index (χ4n) is 3.12. The van der Waals surface area contributed by atoms with Gasteiger partial charge in [-0.25, -0.2) is 0 Å². The summed E-state index contributed by atoms with van der Waals surface area (Å²) in [5.74, 6) is 0.114. The van der Waals surface area contributed by atoms with E-state index in [4.69, 9.17) is 22.4 Å². The van der Waals surface area contributed by atoms with Crippen LogP contribution in [0.25, 0.3) is 0 Å². The maximum Gasteiger partial charge on any atom is 0.187 e. The third kappa shape index (κ3) is 10.1. The lowest BCUT2D eigenvalue weighted by Gasteiger charge is -2.50. The lowest BCUT2D eigenvalue weighted by Crippen LogP contribution is -2.62. The molecule has 1 rings (SSSR count). The van der Waals surface area contributed by atoms with Crippen molar-refractivity contribution in [3.05, 3.63) is 0 Å². The van der Waals surface area contributed by atoms with Crippen molar-refractivity contribution in [1.29, 1.82) is 0 Å². The average Bonchev–Trinajstić information content (AvgIpc) is 2.39. The van der Waals surface area contributed by atoms with Crippen LogP contribution in [0.5, 0.6) is 0 Å². The Labute approximate surface area is 178 Å². The number of ether oxygens (including phenoxy) is 1. The molecule has 0 aromatic heterocycles. The highest BCUT2D eigenvalue weighted by Gasteiger charge is 2.49. The van der Waals surface area contributed by atoms with Crippen molar-refractivity contribution in [2.75, 3.05) is 6.61 Å². The second kappa shape index (κ2) is 9.43. The molecule has 28 heavy (non-hydrogen) atoms. The minimum absolute atomic E-state index is 0.0382. The second-order valence-corrected chi connectivity index (χ2v) is 29.8. The predicted octanol–water partition coefficient (Wildman–Crippen LogP) is 5.49. The van der Waals surface area contributed by atoms with Gasteiger partial charge in [-0.1, -0.05) is 6.92 Å². The third-order valence-electron chi connectivity index (χ3n) is 4.08. The first-order valence-electron chi connectivity index (χ1n) is 10.6. The van der Waals surface area contributed by atoms with Gasteiger partial charge in [-0.3, -0.25) is 0 Å². The van der Waals surface area contributed by atoms with E-state index in [0.717, 1.165) is 0 Å². The normalized spacial score (nSPS) is 30.5. The monoisotopic (exact) mass is 466 g/mol. The molecule has 1 aliphatic heterocycles. The highest BCUT2D eigenvalue weighted by atomic mass is 28.4. The van der Waals surface area contributed by atoms with Gasteiger partial charge in [0.15, 0.2) is 39.6 Å². The van der Waals surface area contributed by atoms with Crippen LogP contribution < -0.4 is 0 Å². The molecule has 5 nitrogen and oxygen atoms in total. The van der Waals surface area contributed by atoms with Crippen LogP contribution in [0.1, 0.15) is 6.92 Å². The Morgan fingerprint density at radius 3 is 1.43 bits per heavy atom. The maximum absolute atomic E-state index is 6.70. The van der Waals surface area contributed by atoms with Crippen molar-refractivity contribution >= 4 is 33.3 Å². The Kier molecular flexibility index (Phi) is 9.00. The van der Waals surface area contributed by atoms with Crippen LogP contribution >= 0.6 is 0 Å². The smallest absolute Gasteiger partial charge is 0.187 e. The molecule has 5 unspecified atom stereocenters. The Morgan fingerprint density at radius 2 is 1.04 bits per heavy atom. The molecule has 0 aromatic rings. The number of hydrogen-bond donors (Lipinski definition) is 0. The standard InChI is InChI=1S/C19H46O5Si4/c1-15-17(22-26(5,6)7)18(23-27(8,9)10)16(14-20-25(2,3)4)21-19(15)24-28(11,12)13/h15-19H,14H2,1-13H3. The summed E-state index contributed by atoms with van der Waals surface area (Å²) < 4.78 is 32.6. The van der Waals surface area contributed by atoms with Gasteiger partial charge in [-0.15, -0.1) is 0 Å². The first kappa shape index (κ1) is 26.7. The fraction of sp³-hybridized carbons (Fsp3) is 1.00. The van der Waals surface area contributed by atoms with Gasteiger partial charge < -0.3 is 22.4 Å².